The van der Waals surface area contributed by atoms with E-state index in [2.05, 4.69) is 0 Å². The first kappa shape index (κ1) is 13.9. The van der Waals surface area contributed by atoms with Crippen molar-refractivity contribution in [2.75, 3.05) is 0 Å². The molecule has 0 aliphatic heterocycles. The summed E-state index contributed by atoms with van der Waals surface area (Å²) >= 11 is 5.96. The number of aromatic carboxylic acids is 1. The number of nitrogens with zero attached hydrogens (tertiary/aromatic N) is 1. The van der Waals surface area contributed by atoms with Crippen LogP contribution in [0.3, 0.4) is 0 Å². The van der Waals surface area contributed by atoms with Gasteiger partial charge in [-0.05, 0) is 29.8 Å². The summed E-state index contributed by atoms with van der Waals surface area (Å²) in [4.78, 5) is 11.1. The summed E-state index contributed by atoms with van der Waals surface area (Å²) in [5.41, 5.74) is 1.39. The number of halogens is 1. The van der Waals surface area contributed by atoms with Crippen molar-refractivity contribution < 1.29 is 14.6 Å². The second-order valence-electron chi connectivity index (χ2n) is 4.02. The van der Waals surface area contributed by atoms with Crippen molar-refractivity contribution >= 4 is 17.6 Å². The molecule has 0 radical (unpaired) electrons. The molecule has 0 aliphatic carbocycles. The standard InChI is InChI=1S/C15H10ClNO3/c16-13-3-1-2-12(15(18)19)14(13)20-9-11-6-4-10(8-17)5-7-11/h1-7H,9H2,(H,18,19). The molecule has 0 amide bonds. The molecule has 1 N–H and O–H groups in total. The van der Waals surface area contributed by atoms with Gasteiger partial charge >= 0.3 is 5.97 Å². The maximum absolute atomic E-state index is 11.1. The molecule has 0 bridgehead atoms. The molecular formula is C15H10ClNO3. The number of carboxylic acids is 1. The average molecular weight is 288 g/mol. The van der Waals surface area contributed by atoms with Crippen molar-refractivity contribution in [3.05, 3.63) is 64.2 Å². The van der Waals surface area contributed by atoms with E-state index in [0.29, 0.717) is 5.56 Å². The van der Waals surface area contributed by atoms with Crippen molar-refractivity contribution in [2.24, 2.45) is 0 Å². The maximum atomic E-state index is 11.1. The highest BCUT2D eigenvalue weighted by atomic mass is 35.5. The van der Waals surface area contributed by atoms with E-state index in [1.807, 2.05) is 6.07 Å². The van der Waals surface area contributed by atoms with Crippen molar-refractivity contribution in [3.8, 4) is 11.8 Å². The number of carboxylic acid groups (broad SMARTS) is 1. The van der Waals surface area contributed by atoms with Crippen LogP contribution in [0.4, 0.5) is 0 Å². The van der Waals surface area contributed by atoms with Gasteiger partial charge in [-0.1, -0.05) is 29.8 Å². The summed E-state index contributed by atoms with van der Waals surface area (Å²) in [6, 6.07) is 13.4. The normalized spacial score (nSPS) is 9.80. The molecule has 0 aliphatic rings. The lowest BCUT2D eigenvalue weighted by Gasteiger charge is -2.10. The Morgan fingerprint density at radius 2 is 1.95 bits per heavy atom. The molecule has 5 heteroatoms. The maximum Gasteiger partial charge on any atom is 0.339 e. The van der Waals surface area contributed by atoms with Gasteiger partial charge in [-0.3, -0.25) is 0 Å². The molecule has 0 heterocycles. The van der Waals surface area contributed by atoms with Crippen LogP contribution in [0.2, 0.25) is 5.02 Å². The zero-order chi connectivity index (χ0) is 14.5. The Labute approximate surface area is 120 Å². The number of benzene rings is 2. The van der Waals surface area contributed by atoms with Crippen LogP contribution in [0.15, 0.2) is 42.5 Å². The Morgan fingerprint density at radius 3 is 2.55 bits per heavy atom. The molecule has 100 valence electrons. The monoisotopic (exact) mass is 287 g/mol. The van der Waals surface area contributed by atoms with Gasteiger partial charge in [0.15, 0.2) is 5.75 Å². The quantitative estimate of drug-likeness (QED) is 0.934. The molecular weight excluding hydrogens is 278 g/mol. The third-order valence-corrected chi connectivity index (χ3v) is 2.96. The number of hydrogen-bond donors (Lipinski definition) is 1. The smallest absolute Gasteiger partial charge is 0.339 e. The van der Waals surface area contributed by atoms with E-state index in [9.17, 15) is 4.79 Å². The third-order valence-electron chi connectivity index (χ3n) is 2.66. The molecule has 2 aromatic carbocycles. The minimum absolute atomic E-state index is 0.0196. The first-order chi connectivity index (χ1) is 9.61. The van der Waals surface area contributed by atoms with E-state index < -0.39 is 5.97 Å². The molecule has 0 saturated heterocycles. The van der Waals surface area contributed by atoms with E-state index in [4.69, 9.17) is 26.7 Å². The predicted molar refractivity (Wildman–Crippen MR) is 73.9 cm³/mol. The Hall–Kier alpha value is -2.51. The van der Waals surface area contributed by atoms with Crippen LogP contribution in [0.25, 0.3) is 0 Å². The number of para-hydroxylation sites is 1. The Bertz CT molecular complexity index is 675. The van der Waals surface area contributed by atoms with Crippen LogP contribution in [0.5, 0.6) is 5.75 Å². The van der Waals surface area contributed by atoms with Gasteiger partial charge in [0.1, 0.15) is 12.2 Å². The van der Waals surface area contributed by atoms with E-state index in [0.717, 1.165) is 5.56 Å². The van der Waals surface area contributed by atoms with Crippen molar-refractivity contribution in [3.63, 3.8) is 0 Å². The molecule has 0 saturated carbocycles. The summed E-state index contributed by atoms with van der Waals surface area (Å²) in [7, 11) is 0. The summed E-state index contributed by atoms with van der Waals surface area (Å²) in [6.45, 7) is 0.176. The van der Waals surface area contributed by atoms with Gasteiger partial charge in [0, 0.05) is 0 Å². The van der Waals surface area contributed by atoms with Crippen molar-refractivity contribution in [2.45, 2.75) is 6.61 Å². The zero-order valence-electron chi connectivity index (χ0n) is 10.3. The second-order valence-corrected chi connectivity index (χ2v) is 4.43. The van der Waals surface area contributed by atoms with E-state index in [1.54, 1.807) is 36.4 Å². The Balaban J connectivity index is 2.18. The highest BCUT2D eigenvalue weighted by Gasteiger charge is 2.14. The number of rotatable bonds is 4. The first-order valence-electron chi connectivity index (χ1n) is 5.75. The van der Waals surface area contributed by atoms with Crippen LogP contribution in [0.1, 0.15) is 21.5 Å². The van der Waals surface area contributed by atoms with Crippen molar-refractivity contribution in [1.29, 1.82) is 5.26 Å². The lowest BCUT2D eigenvalue weighted by molar-refractivity contribution is 0.0692. The van der Waals surface area contributed by atoms with Crippen LogP contribution in [0, 0.1) is 11.3 Å². The molecule has 2 aromatic rings. The predicted octanol–water partition coefficient (Wildman–Crippen LogP) is 3.49. The zero-order valence-corrected chi connectivity index (χ0v) is 11.1. The number of nitriles is 1. The van der Waals surface area contributed by atoms with Gasteiger partial charge in [-0.25, -0.2) is 4.79 Å². The number of hydrogen-bond acceptors (Lipinski definition) is 3. The van der Waals surface area contributed by atoms with Gasteiger partial charge in [0.25, 0.3) is 0 Å². The topological polar surface area (TPSA) is 70.3 Å². The molecule has 0 spiro atoms. The van der Waals surface area contributed by atoms with Crippen LogP contribution in [-0.4, -0.2) is 11.1 Å². The SMILES string of the molecule is N#Cc1ccc(COc2c(Cl)cccc2C(=O)O)cc1. The lowest BCUT2D eigenvalue weighted by atomic mass is 10.1. The van der Waals surface area contributed by atoms with E-state index in [1.165, 1.54) is 6.07 Å². The molecule has 20 heavy (non-hydrogen) atoms. The fourth-order valence-corrected chi connectivity index (χ4v) is 1.88. The fraction of sp³-hybridized carbons (Fsp3) is 0.0667. The minimum Gasteiger partial charge on any atom is -0.486 e. The minimum atomic E-state index is -1.10. The molecule has 0 atom stereocenters. The van der Waals surface area contributed by atoms with E-state index in [-0.39, 0.29) is 22.9 Å². The number of carbonyl (C=O) groups is 1. The average Bonchev–Trinajstić information content (AvgIpc) is 2.46. The van der Waals surface area contributed by atoms with E-state index >= 15 is 0 Å². The summed E-state index contributed by atoms with van der Waals surface area (Å²) in [6.07, 6.45) is 0. The van der Waals surface area contributed by atoms with Gasteiger partial charge < -0.3 is 9.84 Å². The van der Waals surface area contributed by atoms with Crippen molar-refractivity contribution in [1.82, 2.24) is 0 Å². The molecule has 2 rings (SSSR count). The van der Waals surface area contributed by atoms with Gasteiger partial charge in [-0.2, -0.15) is 5.26 Å². The third kappa shape index (κ3) is 3.08. The summed E-state index contributed by atoms with van der Waals surface area (Å²) in [5, 5.41) is 18.0. The van der Waals surface area contributed by atoms with Crippen LogP contribution < -0.4 is 4.74 Å². The van der Waals surface area contributed by atoms with Gasteiger partial charge in [0.2, 0.25) is 0 Å². The first-order valence-corrected chi connectivity index (χ1v) is 6.13. The molecule has 0 aromatic heterocycles. The van der Waals surface area contributed by atoms with Crippen LogP contribution in [-0.2, 0) is 6.61 Å². The fourth-order valence-electron chi connectivity index (χ4n) is 1.65. The highest BCUT2D eigenvalue weighted by molar-refractivity contribution is 6.32. The Kier molecular flexibility index (Phi) is 4.24. The largest absolute Gasteiger partial charge is 0.486 e. The molecule has 0 unspecified atom stereocenters. The summed E-state index contributed by atoms with van der Waals surface area (Å²) in [5.74, 6) is -0.951. The lowest BCUT2D eigenvalue weighted by Crippen LogP contribution is -2.04. The summed E-state index contributed by atoms with van der Waals surface area (Å²) < 4.78 is 5.49. The second kappa shape index (κ2) is 6.09. The molecule has 4 nitrogen and oxygen atoms in total. The molecule has 0 fully saturated rings. The Morgan fingerprint density at radius 1 is 1.25 bits per heavy atom. The van der Waals surface area contributed by atoms with Crippen LogP contribution >= 0.6 is 11.6 Å². The van der Waals surface area contributed by atoms with Gasteiger partial charge in [-0.15, -0.1) is 0 Å². The van der Waals surface area contributed by atoms with Gasteiger partial charge in [0.05, 0.1) is 16.7 Å². The highest BCUT2D eigenvalue weighted by Crippen LogP contribution is 2.29. The number of ether oxygens (including phenoxy) is 1.